The van der Waals surface area contributed by atoms with Crippen LogP contribution in [0.3, 0.4) is 0 Å². The lowest BCUT2D eigenvalue weighted by Crippen LogP contribution is -1.98. The van der Waals surface area contributed by atoms with Gasteiger partial charge in [0, 0.05) is 12.7 Å². The van der Waals surface area contributed by atoms with E-state index in [9.17, 15) is 9.50 Å². The van der Waals surface area contributed by atoms with Gasteiger partial charge in [-0.05, 0) is 49.2 Å². The summed E-state index contributed by atoms with van der Waals surface area (Å²) < 4.78 is 24.0. The summed E-state index contributed by atoms with van der Waals surface area (Å²) in [4.78, 5) is 0. The Balaban J connectivity index is 2.14. The molecule has 0 fully saturated rings. The molecule has 21 heavy (non-hydrogen) atoms. The number of ether oxygens (including phenoxy) is 2. The molecule has 2 aromatic carbocycles. The van der Waals surface area contributed by atoms with Crippen LogP contribution in [-0.2, 0) is 11.2 Å². The van der Waals surface area contributed by atoms with Crippen molar-refractivity contribution >= 4 is 0 Å². The minimum absolute atomic E-state index is 0.395. The van der Waals surface area contributed by atoms with Gasteiger partial charge in [-0.3, -0.25) is 0 Å². The first-order chi connectivity index (χ1) is 10.1. The van der Waals surface area contributed by atoms with E-state index in [1.54, 1.807) is 14.0 Å². The minimum atomic E-state index is -0.795. The maximum absolute atomic E-state index is 13.2. The van der Waals surface area contributed by atoms with Gasteiger partial charge in [0.1, 0.15) is 17.3 Å². The fraction of sp³-hybridized carbons (Fsp3) is 0.294. The van der Waals surface area contributed by atoms with E-state index < -0.39 is 11.9 Å². The molecule has 0 aliphatic heterocycles. The van der Waals surface area contributed by atoms with Crippen molar-refractivity contribution in [1.82, 2.24) is 0 Å². The average Bonchev–Trinajstić information content (AvgIpc) is 2.48. The van der Waals surface area contributed by atoms with Gasteiger partial charge in [0.05, 0.1) is 12.7 Å². The van der Waals surface area contributed by atoms with Crippen molar-refractivity contribution in [1.29, 1.82) is 0 Å². The summed E-state index contributed by atoms with van der Waals surface area (Å²) in [6.45, 7) is 2.25. The number of aliphatic hydroxyl groups is 1. The van der Waals surface area contributed by atoms with Gasteiger partial charge in [-0.15, -0.1) is 0 Å². The summed E-state index contributed by atoms with van der Waals surface area (Å²) in [7, 11) is 1.67. The first-order valence-electron chi connectivity index (χ1n) is 6.83. The molecule has 0 aliphatic rings. The van der Waals surface area contributed by atoms with Gasteiger partial charge in [0.2, 0.25) is 0 Å². The lowest BCUT2D eigenvalue weighted by Gasteiger charge is -2.13. The van der Waals surface area contributed by atoms with Crippen molar-refractivity contribution in [3.05, 3.63) is 59.4 Å². The molecule has 2 aromatic rings. The lowest BCUT2D eigenvalue weighted by molar-refractivity contribution is 0.195. The lowest BCUT2D eigenvalue weighted by atomic mass is 10.1. The number of aliphatic hydroxyl groups excluding tert-OH is 1. The van der Waals surface area contributed by atoms with Gasteiger partial charge < -0.3 is 14.6 Å². The van der Waals surface area contributed by atoms with E-state index in [0.717, 1.165) is 12.0 Å². The number of benzene rings is 2. The second kappa shape index (κ2) is 7.20. The second-order valence-corrected chi connectivity index (χ2v) is 4.85. The van der Waals surface area contributed by atoms with Crippen molar-refractivity contribution in [3.63, 3.8) is 0 Å². The quantitative estimate of drug-likeness (QED) is 0.878. The van der Waals surface area contributed by atoms with Crippen LogP contribution in [0.2, 0.25) is 0 Å². The van der Waals surface area contributed by atoms with E-state index >= 15 is 0 Å². The van der Waals surface area contributed by atoms with Gasteiger partial charge in [0.15, 0.2) is 0 Å². The smallest absolute Gasteiger partial charge is 0.133 e. The maximum Gasteiger partial charge on any atom is 0.133 e. The van der Waals surface area contributed by atoms with Gasteiger partial charge in [-0.2, -0.15) is 0 Å². The Morgan fingerprint density at radius 2 is 1.86 bits per heavy atom. The third-order valence-corrected chi connectivity index (χ3v) is 3.17. The van der Waals surface area contributed by atoms with Crippen LogP contribution in [-0.4, -0.2) is 18.8 Å². The van der Waals surface area contributed by atoms with Gasteiger partial charge in [0.25, 0.3) is 0 Å². The second-order valence-electron chi connectivity index (χ2n) is 4.85. The Morgan fingerprint density at radius 1 is 1.14 bits per heavy atom. The number of hydrogen-bond donors (Lipinski definition) is 1. The summed E-state index contributed by atoms with van der Waals surface area (Å²) in [5.74, 6) is 0.703. The summed E-state index contributed by atoms with van der Waals surface area (Å²) in [5, 5.41) is 9.69. The number of methoxy groups -OCH3 is 1. The number of rotatable bonds is 6. The predicted octanol–water partition coefficient (Wildman–Crippen LogP) is 3.86. The highest BCUT2D eigenvalue weighted by Gasteiger charge is 2.11. The van der Waals surface area contributed by atoms with E-state index in [0.29, 0.717) is 23.7 Å². The van der Waals surface area contributed by atoms with Crippen LogP contribution in [0.25, 0.3) is 0 Å². The summed E-state index contributed by atoms with van der Waals surface area (Å²) in [6.07, 6.45) is 0.0448. The Labute approximate surface area is 124 Å². The standard InChI is InChI=1S/C17H19FO3/c1-12(19)16-11-14(18)5-8-17(16)21-15-6-3-13(4-7-15)9-10-20-2/h3-8,11-12,19H,9-10H2,1-2H3/t12-/m0/s1. The van der Waals surface area contributed by atoms with Crippen LogP contribution in [0.5, 0.6) is 11.5 Å². The Morgan fingerprint density at radius 3 is 2.48 bits per heavy atom. The van der Waals surface area contributed by atoms with E-state index in [2.05, 4.69) is 0 Å². The van der Waals surface area contributed by atoms with Crippen LogP contribution >= 0.6 is 0 Å². The van der Waals surface area contributed by atoms with Crippen molar-refractivity contribution in [2.45, 2.75) is 19.4 Å². The first-order valence-corrected chi connectivity index (χ1v) is 6.83. The zero-order valence-corrected chi connectivity index (χ0v) is 12.2. The van der Waals surface area contributed by atoms with E-state index in [1.807, 2.05) is 24.3 Å². The van der Waals surface area contributed by atoms with Crippen molar-refractivity contribution in [2.75, 3.05) is 13.7 Å². The van der Waals surface area contributed by atoms with E-state index in [-0.39, 0.29) is 0 Å². The molecule has 0 radical (unpaired) electrons. The Hall–Kier alpha value is -1.91. The molecule has 112 valence electrons. The molecule has 2 rings (SSSR count). The van der Waals surface area contributed by atoms with Crippen LogP contribution in [0, 0.1) is 5.82 Å². The normalized spacial score (nSPS) is 12.2. The van der Waals surface area contributed by atoms with Crippen LogP contribution in [0.1, 0.15) is 24.2 Å². The van der Waals surface area contributed by atoms with Crippen LogP contribution in [0.4, 0.5) is 4.39 Å². The van der Waals surface area contributed by atoms with E-state index in [1.165, 1.54) is 18.2 Å². The molecule has 1 atom stereocenters. The number of hydrogen-bond acceptors (Lipinski definition) is 3. The van der Waals surface area contributed by atoms with Gasteiger partial charge in [-0.25, -0.2) is 4.39 Å². The highest BCUT2D eigenvalue weighted by Crippen LogP contribution is 2.30. The molecule has 4 heteroatoms. The topological polar surface area (TPSA) is 38.7 Å². The molecule has 3 nitrogen and oxygen atoms in total. The molecular weight excluding hydrogens is 271 g/mol. The molecule has 0 aliphatic carbocycles. The molecule has 1 N–H and O–H groups in total. The van der Waals surface area contributed by atoms with Gasteiger partial charge in [-0.1, -0.05) is 12.1 Å². The van der Waals surface area contributed by atoms with Crippen molar-refractivity contribution < 1.29 is 19.0 Å². The average molecular weight is 290 g/mol. The molecule has 0 heterocycles. The fourth-order valence-electron chi connectivity index (χ4n) is 2.01. The third kappa shape index (κ3) is 4.28. The zero-order valence-electron chi connectivity index (χ0n) is 12.2. The molecule has 0 saturated heterocycles. The monoisotopic (exact) mass is 290 g/mol. The summed E-state index contributed by atoms with van der Waals surface area (Å²) >= 11 is 0. The third-order valence-electron chi connectivity index (χ3n) is 3.17. The van der Waals surface area contributed by atoms with Crippen molar-refractivity contribution in [3.8, 4) is 11.5 Å². The van der Waals surface area contributed by atoms with Crippen LogP contribution < -0.4 is 4.74 Å². The molecular formula is C17H19FO3. The maximum atomic E-state index is 13.2. The highest BCUT2D eigenvalue weighted by molar-refractivity contribution is 5.40. The molecule has 0 amide bonds. The first kappa shape index (κ1) is 15.5. The summed E-state index contributed by atoms with van der Waals surface area (Å²) in [6, 6.07) is 11.7. The molecule has 0 aromatic heterocycles. The SMILES string of the molecule is COCCc1ccc(Oc2ccc(F)cc2[C@H](C)O)cc1. The fourth-order valence-corrected chi connectivity index (χ4v) is 2.01. The zero-order chi connectivity index (χ0) is 15.2. The Kier molecular flexibility index (Phi) is 5.31. The van der Waals surface area contributed by atoms with Crippen molar-refractivity contribution in [2.24, 2.45) is 0 Å². The highest BCUT2D eigenvalue weighted by atomic mass is 19.1. The van der Waals surface area contributed by atoms with Crippen LogP contribution in [0.15, 0.2) is 42.5 Å². The van der Waals surface area contributed by atoms with E-state index in [4.69, 9.17) is 9.47 Å². The Bertz CT molecular complexity index is 579. The largest absolute Gasteiger partial charge is 0.457 e. The molecule has 0 unspecified atom stereocenters. The van der Waals surface area contributed by atoms with Gasteiger partial charge >= 0.3 is 0 Å². The minimum Gasteiger partial charge on any atom is -0.457 e. The molecule has 0 spiro atoms. The predicted molar refractivity (Wildman–Crippen MR) is 79.1 cm³/mol. The number of halogens is 1. The molecule has 0 bridgehead atoms. The molecule has 0 saturated carbocycles. The summed E-state index contributed by atoms with van der Waals surface area (Å²) in [5.41, 5.74) is 1.58.